The largest absolute Gasteiger partial charge is 0.343 e. The van der Waals surface area contributed by atoms with Gasteiger partial charge in [-0.05, 0) is 12.1 Å². The molecule has 1 aromatic heterocycles. The molecule has 11 heteroatoms. The second-order valence-corrected chi connectivity index (χ2v) is 7.49. The first-order valence-corrected chi connectivity index (χ1v) is 9.29. The molecule has 3 rings (SSSR count). The number of rotatable bonds is 5. The van der Waals surface area contributed by atoms with Crippen molar-refractivity contribution in [1.82, 2.24) is 20.0 Å². The van der Waals surface area contributed by atoms with Gasteiger partial charge in [0.25, 0.3) is 11.8 Å². The molecule has 0 radical (unpaired) electrons. The van der Waals surface area contributed by atoms with Crippen LogP contribution in [0, 0.1) is 17.1 Å². The molecule has 2 aromatic rings. The highest BCUT2D eigenvalue weighted by Gasteiger charge is 2.47. The molecule has 1 aromatic carbocycles. The Labute approximate surface area is 172 Å². The van der Waals surface area contributed by atoms with Crippen molar-refractivity contribution in [1.29, 1.82) is 5.26 Å². The molecule has 2 amide bonds. The summed E-state index contributed by atoms with van der Waals surface area (Å²) in [6, 6.07) is 5.02. The highest BCUT2D eigenvalue weighted by Crippen LogP contribution is 2.31. The van der Waals surface area contributed by atoms with Gasteiger partial charge in [0.15, 0.2) is 0 Å². The molecule has 0 spiro atoms. The van der Waals surface area contributed by atoms with Crippen LogP contribution < -0.4 is 5.32 Å². The van der Waals surface area contributed by atoms with Crippen LogP contribution in [0.3, 0.4) is 0 Å². The van der Waals surface area contributed by atoms with Crippen LogP contribution >= 0.6 is 15.9 Å². The molecule has 1 atom stereocenters. The molecule has 29 heavy (non-hydrogen) atoms. The fourth-order valence-corrected chi connectivity index (χ4v) is 3.28. The van der Waals surface area contributed by atoms with Gasteiger partial charge in [0.2, 0.25) is 5.91 Å². The van der Waals surface area contributed by atoms with Crippen LogP contribution in [0.4, 0.5) is 13.2 Å². The van der Waals surface area contributed by atoms with E-state index in [2.05, 4.69) is 26.3 Å². The summed E-state index contributed by atoms with van der Waals surface area (Å²) < 4.78 is 42.7. The van der Waals surface area contributed by atoms with Gasteiger partial charge in [-0.1, -0.05) is 22.0 Å². The van der Waals surface area contributed by atoms with E-state index in [4.69, 9.17) is 5.26 Å². The van der Waals surface area contributed by atoms with Gasteiger partial charge in [-0.3, -0.25) is 14.3 Å². The van der Waals surface area contributed by atoms with E-state index in [-0.39, 0.29) is 12.1 Å². The minimum absolute atomic E-state index is 0.0953. The predicted molar refractivity (Wildman–Crippen MR) is 98.4 cm³/mol. The summed E-state index contributed by atoms with van der Waals surface area (Å²) in [5.74, 6) is -4.96. The van der Waals surface area contributed by atoms with E-state index in [1.807, 2.05) is 0 Å². The number of carbonyl (C=O) groups excluding carboxylic acids is 2. The number of carbonyl (C=O) groups is 2. The van der Waals surface area contributed by atoms with Gasteiger partial charge in [-0.15, -0.1) is 0 Å². The van der Waals surface area contributed by atoms with Gasteiger partial charge in [-0.2, -0.15) is 10.4 Å². The van der Waals surface area contributed by atoms with Crippen LogP contribution in [0.1, 0.15) is 22.3 Å². The second kappa shape index (κ2) is 8.24. The van der Waals surface area contributed by atoms with E-state index in [0.717, 1.165) is 4.90 Å². The number of hydrogen-bond acceptors (Lipinski definition) is 4. The zero-order valence-corrected chi connectivity index (χ0v) is 16.5. The molecule has 1 N–H and O–H groups in total. The molecule has 0 aliphatic carbocycles. The van der Waals surface area contributed by atoms with Crippen LogP contribution in [-0.4, -0.2) is 51.5 Å². The van der Waals surface area contributed by atoms with Crippen molar-refractivity contribution < 1.29 is 22.8 Å². The Morgan fingerprint density at radius 1 is 1.41 bits per heavy atom. The summed E-state index contributed by atoms with van der Waals surface area (Å²) in [4.78, 5) is 25.1. The molecule has 1 aliphatic rings. The number of halogens is 4. The fraction of sp³-hybridized carbons (Fsp3) is 0.333. The van der Waals surface area contributed by atoms with Crippen molar-refractivity contribution in [3.05, 3.63) is 52.0 Å². The first kappa shape index (κ1) is 20.9. The number of likely N-dealkylation sites (tertiary alicyclic amines) is 1. The Kier molecular flexibility index (Phi) is 5.93. The molecule has 0 bridgehead atoms. The number of amides is 2. The van der Waals surface area contributed by atoms with Gasteiger partial charge in [0.05, 0.1) is 37.5 Å². The van der Waals surface area contributed by atoms with Gasteiger partial charge >= 0.3 is 0 Å². The summed E-state index contributed by atoms with van der Waals surface area (Å²) in [7, 11) is 0. The molecule has 1 aliphatic heterocycles. The summed E-state index contributed by atoms with van der Waals surface area (Å²) in [6.45, 7) is -1.28. The molecular weight excluding hydrogens is 455 g/mol. The summed E-state index contributed by atoms with van der Waals surface area (Å²) in [5, 5.41) is 15.2. The minimum Gasteiger partial charge on any atom is -0.343 e. The smallest absolute Gasteiger partial charge is 0.268 e. The number of aromatic nitrogens is 2. The molecule has 7 nitrogen and oxygen atoms in total. The molecule has 1 fully saturated rings. The lowest BCUT2D eigenvalue weighted by molar-refractivity contribution is -0.131. The van der Waals surface area contributed by atoms with Crippen molar-refractivity contribution in [2.45, 2.75) is 24.9 Å². The van der Waals surface area contributed by atoms with E-state index in [1.165, 1.54) is 23.1 Å². The normalized spacial score (nSPS) is 17.8. The van der Waals surface area contributed by atoms with Gasteiger partial charge in [0.1, 0.15) is 11.9 Å². The molecular formula is C18H15BrF3N5O2. The first-order valence-electron chi connectivity index (χ1n) is 8.50. The van der Waals surface area contributed by atoms with Crippen LogP contribution in [-0.2, 0) is 11.3 Å². The number of hydrogen-bond donors (Lipinski definition) is 1. The third kappa shape index (κ3) is 4.95. The number of nitrogens with one attached hydrogen (secondary N) is 1. The number of alkyl halides is 2. The Balaban J connectivity index is 1.58. The average molecular weight is 470 g/mol. The third-order valence-electron chi connectivity index (χ3n) is 4.38. The molecule has 1 saturated heterocycles. The lowest BCUT2D eigenvalue weighted by atomic mass is 10.2. The fourth-order valence-electron chi connectivity index (χ4n) is 2.95. The Hall–Kier alpha value is -2.87. The average Bonchev–Trinajstić information content (AvgIpc) is 3.25. The van der Waals surface area contributed by atoms with E-state index >= 15 is 0 Å². The SMILES string of the molecule is N#C[C@@H]1CC(F)(F)CN1C(=O)CNC(=O)c1cnn(Cc2ccc(Br)cc2F)c1. The topological polar surface area (TPSA) is 91.0 Å². The van der Waals surface area contributed by atoms with Gasteiger partial charge in [-0.25, -0.2) is 13.2 Å². The van der Waals surface area contributed by atoms with Crippen LogP contribution in [0.25, 0.3) is 0 Å². The highest BCUT2D eigenvalue weighted by atomic mass is 79.9. The van der Waals surface area contributed by atoms with Crippen molar-refractivity contribution in [3.8, 4) is 6.07 Å². The monoisotopic (exact) mass is 469 g/mol. The highest BCUT2D eigenvalue weighted by molar-refractivity contribution is 9.10. The Morgan fingerprint density at radius 3 is 2.86 bits per heavy atom. The zero-order valence-electron chi connectivity index (χ0n) is 14.9. The van der Waals surface area contributed by atoms with Crippen molar-refractivity contribution >= 4 is 27.7 Å². The molecule has 152 valence electrons. The standard InChI is InChI=1S/C18H15BrF3N5O2/c19-13-2-1-11(15(20)3-13)8-26-9-12(6-25-26)17(29)24-7-16(28)27-10-18(21,22)4-14(27)5-23/h1-3,6,9,14H,4,7-8,10H2,(H,24,29)/t14-/m0/s1. The Morgan fingerprint density at radius 2 is 2.17 bits per heavy atom. The number of nitriles is 1. The lowest BCUT2D eigenvalue weighted by Gasteiger charge is -2.19. The summed E-state index contributed by atoms with van der Waals surface area (Å²) >= 11 is 3.17. The molecule has 0 unspecified atom stereocenters. The van der Waals surface area contributed by atoms with Crippen molar-refractivity contribution in [2.75, 3.05) is 13.1 Å². The van der Waals surface area contributed by atoms with E-state index in [1.54, 1.807) is 18.2 Å². The number of nitrogens with zero attached hydrogens (tertiary/aromatic N) is 4. The van der Waals surface area contributed by atoms with Gasteiger partial charge in [0, 0.05) is 22.7 Å². The van der Waals surface area contributed by atoms with Crippen LogP contribution in [0.2, 0.25) is 0 Å². The van der Waals surface area contributed by atoms with Crippen LogP contribution in [0.15, 0.2) is 35.1 Å². The maximum Gasteiger partial charge on any atom is 0.268 e. The second-order valence-electron chi connectivity index (χ2n) is 6.57. The maximum absolute atomic E-state index is 13.9. The van der Waals surface area contributed by atoms with Crippen molar-refractivity contribution in [3.63, 3.8) is 0 Å². The van der Waals surface area contributed by atoms with E-state index in [9.17, 15) is 22.8 Å². The predicted octanol–water partition coefficient (Wildman–Crippen LogP) is 2.32. The summed E-state index contributed by atoms with van der Waals surface area (Å²) in [5.41, 5.74) is 0.495. The lowest BCUT2D eigenvalue weighted by Crippen LogP contribution is -2.42. The molecule has 2 heterocycles. The summed E-state index contributed by atoms with van der Waals surface area (Å²) in [6.07, 6.45) is 1.91. The Bertz CT molecular complexity index is 988. The van der Waals surface area contributed by atoms with Crippen molar-refractivity contribution in [2.24, 2.45) is 0 Å². The van der Waals surface area contributed by atoms with Crippen LogP contribution in [0.5, 0.6) is 0 Å². The first-order chi connectivity index (χ1) is 13.7. The third-order valence-corrected chi connectivity index (χ3v) is 4.88. The number of benzene rings is 1. The maximum atomic E-state index is 13.9. The quantitative estimate of drug-likeness (QED) is 0.727. The zero-order chi connectivity index (χ0) is 21.2. The minimum atomic E-state index is -3.12. The van der Waals surface area contributed by atoms with E-state index in [0.29, 0.717) is 10.0 Å². The van der Waals surface area contributed by atoms with Gasteiger partial charge < -0.3 is 10.2 Å². The van der Waals surface area contributed by atoms with E-state index < -0.39 is 49.1 Å². The molecule has 0 saturated carbocycles.